The molecule has 2 amide bonds. The minimum atomic E-state index is -0.987. The molecule has 0 radical (unpaired) electrons. The second-order valence-corrected chi connectivity index (χ2v) is 10.2. The number of piperidine rings is 1. The molecule has 5 rings (SSSR count). The molecule has 1 unspecified atom stereocenters. The molecular weight excluding hydrogens is 546 g/mol. The number of aromatic nitrogens is 2. The number of nitrogens with two attached hydrogens (primary N) is 2. The summed E-state index contributed by atoms with van der Waals surface area (Å²) in [6.45, 7) is 1.23. The molecule has 2 aliphatic heterocycles. The lowest BCUT2D eigenvalue weighted by atomic mass is 9.86. The Balaban J connectivity index is 1.17. The van der Waals surface area contributed by atoms with Gasteiger partial charge in [-0.1, -0.05) is 23.7 Å². The maximum Gasteiger partial charge on any atom is 0.280 e. The van der Waals surface area contributed by atoms with E-state index < -0.39 is 29.0 Å². The molecule has 1 saturated heterocycles. The molecule has 208 valence electrons. The number of guanidine groups is 1. The molecule has 3 heterocycles. The normalized spacial score (nSPS) is 19.7. The van der Waals surface area contributed by atoms with Crippen molar-refractivity contribution in [3.63, 3.8) is 0 Å². The molecule has 1 fully saturated rings. The Bertz CT molecular complexity index is 1500. The van der Waals surface area contributed by atoms with Crippen LogP contribution in [0.25, 0.3) is 0 Å². The standard InChI is InChI=1S/C26H25ClF2N8O3/c27-20-22(31)34-21(30)19(33-20)23(39)35-25-32-12-26(36-25)5-7-37(8-6-26)24(40)14-2-4-18(38)15(11-14)9-13-1-3-16(28)17(29)10-13/h1-4,10-11,15H,5-9,12H2,(H4,30,31,34)(H2,32,35,36,39). The van der Waals surface area contributed by atoms with E-state index >= 15 is 0 Å². The molecule has 0 bridgehead atoms. The molecular formula is C26H25ClF2N8O3. The summed E-state index contributed by atoms with van der Waals surface area (Å²) < 4.78 is 26.9. The van der Waals surface area contributed by atoms with Crippen LogP contribution in [0.2, 0.25) is 5.15 Å². The number of halogens is 3. The fourth-order valence-corrected chi connectivity index (χ4v) is 5.01. The van der Waals surface area contributed by atoms with Crippen LogP contribution < -0.4 is 22.1 Å². The van der Waals surface area contributed by atoms with Gasteiger partial charge in [-0.15, -0.1) is 0 Å². The molecule has 40 heavy (non-hydrogen) atoms. The van der Waals surface area contributed by atoms with Gasteiger partial charge in [0.1, 0.15) is 0 Å². The van der Waals surface area contributed by atoms with Crippen LogP contribution >= 0.6 is 11.6 Å². The lowest BCUT2D eigenvalue weighted by Gasteiger charge is -2.39. The molecule has 2 aromatic rings. The molecule has 1 aliphatic carbocycles. The first-order valence-electron chi connectivity index (χ1n) is 12.4. The van der Waals surface area contributed by atoms with Gasteiger partial charge in [0.2, 0.25) is 0 Å². The van der Waals surface area contributed by atoms with Crippen molar-refractivity contribution in [3.05, 3.63) is 70.0 Å². The van der Waals surface area contributed by atoms with Gasteiger partial charge in [-0.25, -0.2) is 18.7 Å². The second-order valence-electron chi connectivity index (χ2n) is 9.87. The zero-order chi connectivity index (χ0) is 28.6. The predicted octanol–water partition coefficient (Wildman–Crippen LogP) is 1.55. The van der Waals surface area contributed by atoms with Gasteiger partial charge in [-0.3, -0.25) is 24.7 Å². The summed E-state index contributed by atoms with van der Waals surface area (Å²) in [6, 6.07) is 3.49. The van der Waals surface area contributed by atoms with Gasteiger partial charge in [-0.2, -0.15) is 0 Å². The number of benzene rings is 1. The number of ketones is 1. The predicted molar refractivity (Wildman–Crippen MR) is 143 cm³/mol. The monoisotopic (exact) mass is 570 g/mol. The van der Waals surface area contributed by atoms with Gasteiger partial charge in [0.25, 0.3) is 11.8 Å². The van der Waals surface area contributed by atoms with Crippen molar-refractivity contribution in [1.82, 2.24) is 25.5 Å². The Kier molecular flexibility index (Phi) is 7.23. The number of hydrogen-bond donors (Lipinski definition) is 4. The highest BCUT2D eigenvalue weighted by Gasteiger charge is 2.40. The molecule has 3 aliphatic rings. The third kappa shape index (κ3) is 5.50. The van der Waals surface area contributed by atoms with Crippen molar-refractivity contribution in [2.24, 2.45) is 10.9 Å². The number of nitrogens with one attached hydrogen (secondary N) is 2. The number of anilines is 2. The van der Waals surface area contributed by atoms with Crippen LogP contribution in [0.1, 0.15) is 28.9 Å². The average Bonchev–Trinajstić information content (AvgIpc) is 3.31. The van der Waals surface area contributed by atoms with E-state index in [0.29, 0.717) is 43.6 Å². The number of carbonyl (C=O) groups excluding carboxylic acids is 3. The summed E-state index contributed by atoms with van der Waals surface area (Å²) in [4.78, 5) is 52.0. The number of allylic oxidation sites excluding steroid dienone is 2. The quantitative estimate of drug-likeness (QED) is 0.429. The minimum Gasteiger partial charge on any atom is -0.382 e. The highest BCUT2D eigenvalue weighted by molar-refractivity contribution is 6.31. The molecule has 1 atom stereocenters. The molecule has 1 spiro atoms. The Morgan fingerprint density at radius 1 is 1.12 bits per heavy atom. The van der Waals surface area contributed by atoms with Gasteiger partial charge in [0.05, 0.1) is 12.1 Å². The number of nitrogens with zero attached hydrogens (tertiary/aromatic N) is 4. The Labute approximate surface area is 232 Å². The molecule has 14 heteroatoms. The zero-order valence-electron chi connectivity index (χ0n) is 21.1. The minimum absolute atomic E-state index is 0.0859. The zero-order valence-corrected chi connectivity index (χ0v) is 21.8. The second kappa shape index (κ2) is 10.6. The summed E-state index contributed by atoms with van der Waals surface area (Å²) in [5, 5.41) is 5.72. The largest absolute Gasteiger partial charge is 0.382 e. The van der Waals surface area contributed by atoms with Gasteiger partial charge in [0, 0.05) is 24.6 Å². The van der Waals surface area contributed by atoms with Crippen molar-refractivity contribution < 1.29 is 23.2 Å². The maximum atomic E-state index is 13.6. The van der Waals surface area contributed by atoms with Crippen LogP contribution in [0.3, 0.4) is 0 Å². The smallest absolute Gasteiger partial charge is 0.280 e. The first-order chi connectivity index (χ1) is 19.0. The topological polar surface area (TPSA) is 169 Å². The number of amides is 2. The van der Waals surface area contributed by atoms with E-state index in [4.69, 9.17) is 23.1 Å². The van der Waals surface area contributed by atoms with Crippen LogP contribution in [0.4, 0.5) is 20.4 Å². The lowest BCUT2D eigenvalue weighted by molar-refractivity contribution is -0.128. The summed E-state index contributed by atoms with van der Waals surface area (Å²) in [5.41, 5.74) is 11.5. The lowest BCUT2D eigenvalue weighted by Crippen LogP contribution is -2.57. The van der Waals surface area contributed by atoms with Gasteiger partial charge < -0.3 is 21.7 Å². The highest BCUT2D eigenvalue weighted by atomic mass is 35.5. The third-order valence-corrected chi connectivity index (χ3v) is 7.42. The third-order valence-electron chi connectivity index (χ3n) is 7.14. The summed E-state index contributed by atoms with van der Waals surface area (Å²) in [6.07, 6.45) is 5.68. The number of aliphatic imine (C=N–C) groups is 1. The first-order valence-corrected chi connectivity index (χ1v) is 12.8. The summed E-state index contributed by atoms with van der Waals surface area (Å²) in [5.74, 6) is -3.70. The number of hydrogen-bond acceptors (Lipinski definition) is 9. The van der Waals surface area contributed by atoms with Gasteiger partial charge in [0.15, 0.2) is 45.9 Å². The Morgan fingerprint density at radius 2 is 1.88 bits per heavy atom. The summed E-state index contributed by atoms with van der Waals surface area (Å²) >= 11 is 5.86. The average molecular weight is 571 g/mol. The molecule has 0 saturated carbocycles. The molecule has 1 aromatic heterocycles. The van der Waals surface area contributed by atoms with Crippen molar-refractivity contribution in [2.75, 3.05) is 31.1 Å². The van der Waals surface area contributed by atoms with Gasteiger partial charge >= 0.3 is 0 Å². The summed E-state index contributed by atoms with van der Waals surface area (Å²) in [7, 11) is 0. The van der Waals surface area contributed by atoms with Crippen molar-refractivity contribution in [3.8, 4) is 0 Å². The molecule has 11 nitrogen and oxygen atoms in total. The van der Waals surface area contributed by atoms with E-state index in [1.807, 2.05) is 0 Å². The van der Waals surface area contributed by atoms with Crippen LogP contribution in [0.15, 0.2) is 47.0 Å². The highest BCUT2D eigenvalue weighted by Crippen LogP contribution is 2.28. The Hall–Kier alpha value is -4.39. The van der Waals surface area contributed by atoms with Gasteiger partial charge in [-0.05, 0) is 49.1 Å². The number of nitrogen functional groups attached to an aromatic ring is 2. The van der Waals surface area contributed by atoms with Crippen LogP contribution in [-0.2, 0) is 16.0 Å². The fraction of sp³-hybridized carbons (Fsp3) is 0.308. The van der Waals surface area contributed by atoms with E-state index in [2.05, 4.69) is 25.6 Å². The fourth-order valence-electron chi connectivity index (χ4n) is 4.88. The maximum absolute atomic E-state index is 13.6. The van der Waals surface area contributed by atoms with E-state index in [0.717, 1.165) is 12.1 Å². The number of likely N-dealkylation sites (tertiary alicyclic amines) is 1. The molecule has 6 N–H and O–H groups in total. The Morgan fingerprint density at radius 3 is 2.60 bits per heavy atom. The van der Waals surface area contributed by atoms with Crippen LogP contribution in [-0.4, -0.2) is 63.6 Å². The van der Waals surface area contributed by atoms with E-state index in [-0.39, 0.29) is 46.6 Å². The van der Waals surface area contributed by atoms with Crippen molar-refractivity contribution >= 4 is 46.8 Å². The van der Waals surface area contributed by atoms with E-state index in [9.17, 15) is 23.2 Å². The van der Waals surface area contributed by atoms with Crippen LogP contribution in [0, 0.1) is 17.6 Å². The first kappa shape index (κ1) is 27.2. The SMILES string of the molecule is Nc1nc(N)c(C(=O)NC2=NCC3(CCN(C(=O)C4=CC(Cc5ccc(F)c(F)c5)C(=O)C=C4)CC3)N2)nc1Cl. The number of carbonyl (C=O) groups is 3. The van der Waals surface area contributed by atoms with E-state index in [1.165, 1.54) is 18.2 Å². The van der Waals surface area contributed by atoms with Crippen molar-refractivity contribution in [2.45, 2.75) is 24.8 Å². The number of rotatable bonds is 4. The van der Waals surface area contributed by atoms with E-state index in [1.54, 1.807) is 11.0 Å². The molecule has 1 aromatic carbocycles. The van der Waals surface area contributed by atoms with Crippen molar-refractivity contribution in [1.29, 1.82) is 0 Å². The van der Waals surface area contributed by atoms with Crippen LogP contribution in [0.5, 0.6) is 0 Å².